The highest BCUT2D eigenvalue weighted by Gasteiger charge is 2.06. The van der Waals surface area contributed by atoms with Gasteiger partial charge in [-0.3, -0.25) is 4.79 Å². The van der Waals surface area contributed by atoms with Crippen LogP contribution in [0.1, 0.15) is 28.4 Å². The number of Topliss-reactive ketones (excluding diaryl/α,β-unsaturated/α-hetero) is 1. The molecule has 2 aromatic rings. The first-order chi connectivity index (χ1) is 10.0. The highest BCUT2D eigenvalue weighted by atomic mass is 79.9. The van der Waals surface area contributed by atoms with Gasteiger partial charge in [-0.2, -0.15) is 0 Å². The molecule has 0 N–H and O–H groups in total. The van der Waals surface area contributed by atoms with Gasteiger partial charge in [0.05, 0.1) is 11.6 Å². The van der Waals surface area contributed by atoms with Crippen molar-refractivity contribution in [2.24, 2.45) is 0 Å². The number of hydrogen-bond donors (Lipinski definition) is 0. The molecule has 0 bridgehead atoms. The van der Waals surface area contributed by atoms with E-state index in [2.05, 4.69) is 15.9 Å². The Morgan fingerprint density at radius 1 is 1.14 bits per heavy atom. The number of halogens is 1. The first-order valence-corrected chi connectivity index (χ1v) is 7.37. The molecule has 0 fully saturated rings. The number of methoxy groups -OCH3 is 1. The maximum absolute atomic E-state index is 11.3. The topological polar surface area (TPSA) is 35.5 Å². The van der Waals surface area contributed by atoms with E-state index in [1.165, 1.54) is 0 Å². The second-order valence-electron chi connectivity index (χ2n) is 4.79. The number of aryl methyl sites for hydroxylation is 1. The van der Waals surface area contributed by atoms with Crippen LogP contribution in [0.25, 0.3) is 0 Å². The molecule has 0 aliphatic heterocycles. The lowest BCUT2D eigenvalue weighted by molar-refractivity contribution is 0.101. The number of ketones is 1. The smallest absolute Gasteiger partial charge is 0.159 e. The summed E-state index contributed by atoms with van der Waals surface area (Å²) in [7, 11) is 1.64. The Morgan fingerprint density at radius 3 is 2.43 bits per heavy atom. The first kappa shape index (κ1) is 15.6. The standard InChI is InChI=1S/C17H17BrO3/c1-11-8-14(12(2)19)5-7-16(11)21-10-13-4-6-17(20-3)15(18)9-13/h4-9H,10H2,1-3H3. The molecule has 0 amide bonds. The SMILES string of the molecule is COc1ccc(COc2ccc(C(C)=O)cc2C)cc1Br. The Hall–Kier alpha value is -1.81. The lowest BCUT2D eigenvalue weighted by atomic mass is 10.1. The van der Waals surface area contributed by atoms with Crippen LogP contribution in [0.5, 0.6) is 11.5 Å². The molecule has 0 radical (unpaired) electrons. The highest BCUT2D eigenvalue weighted by Crippen LogP contribution is 2.26. The molecule has 0 aromatic heterocycles. The van der Waals surface area contributed by atoms with Crippen molar-refractivity contribution < 1.29 is 14.3 Å². The summed E-state index contributed by atoms with van der Waals surface area (Å²) in [5, 5.41) is 0. The molecule has 0 aliphatic carbocycles. The number of ether oxygens (including phenoxy) is 2. The van der Waals surface area contributed by atoms with Gasteiger partial charge in [-0.15, -0.1) is 0 Å². The van der Waals surface area contributed by atoms with Crippen molar-refractivity contribution >= 4 is 21.7 Å². The summed E-state index contributed by atoms with van der Waals surface area (Å²) in [4.78, 5) is 11.3. The lowest BCUT2D eigenvalue weighted by Gasteiger charge is -2.11. The van der Waals surface area contributed by atoms with Crippen LogP contribution in [0.2, 0.25) is 0 Å². The lowest BCUT2D eigenvalue weighted by Crippen LogP contribution is -1.99. The maximum Gasteiger partial charge on any atom is 0.159 e. The second-order valence-corrected chi connectivity index (χ2v) is 5.65. The number of benzene rings is 2. The molecule has 4 heteroatoms. The second kappa shape index (κ2) is 6.76. The van der Waals surface area contributed by atoms with E-state index in [0.29, 0.717) is 12.2 Å². The van der Waals surface area contributed by atoms with Crippen LogP contribution < -0.4 is 9.47 Å². The van der Waals surface area contributed by atoms with E-state index in [1.807, 2.05) is 37.3 Å². The summed E-state index contributed by atoms with van der Waals surface area (Å²) < 4.78 is 11.9. The van der Waals surface area contributed by atoms with Crippen molar-refractivity contribution in [2.45, 2.75) is 20.5 Å². The van der Waals surface area contributed by atoms with Gasteiger partial charge in [0.15, 0.2) is 5.78 Å². The van der Waals surface area contributed by atoms with Gasteiger partial charge >= 0.3 is 0 Å². The van der Waals surface area contributed by atoms with Crippen molar-refractivity contribution in [3.63, 3.8) is 0 Å². The minimum Gasteiger partial charge on any atom is -0.496 e. The van der Waals surface area contributed by atoms with Crippen LogP contribution in [-0.2, 0) is 6.61 Å². The Labute approximate surface area is 133 Å². The van der Waals surface area contributed by atoms with Gasteiger partial charge < -0.3 is 9.47 Å². The van der Waals surface area contributed by atoms with Crippen LogP contribution in [-0.4, -0.2) is 12.9 Å². The zero-order valence-corrected chi connectivity index (χ0v) is 13.9. The molecule has 110 valence electrons. The third-order valence-electron chi connectivity index (χ3n) is 3.19. The molecular formula is C17H17BrO3. The van der Waals surface area contributed by atoms with Gasteiger partial charge in [0.2, 0.25) is 0 Å². The molecule has 0 heterocycles. The Kier molecular flexibility index (Phi) is 5.02. The summed E-state index contributed by atoms with van der Waals surface area (Å²) in [6, 6.07) is 11.3. The van der Waals surface area contributed by atoms with E-state index in [0.717, 1.165) is 27.1 Å². The van der Waals surface area contributed by atoms with Crippen LogP contribution in [0.15, 0.2) is 40.9 Å². The quantitative estimate of drug-likeness (QED) is 0.743. The Balaban J connectivity index is 2.09. The third kappa shape index (κ3) is 3.85. The van der Waals surface area contributed by atoms with Crippen molar-refractivity contribution in [1.82, 2.24) is 0 Å². The van der Waals surface area contributed by atoms with E-state index >= 15 is 0 Å². The molecule has 0 atom stereocenters. The minimum absolute atomic E-state index is 0.0590. The Morgan fingerprint density at radius 2 is 1.86 bits per heavy atom. The monoisotopic (exact) mass is 348 g/mol. The van der Waals surface area contributed by atoms with Gasteiger partial charge in [0.1, 0.15) is 18.1 Å². The molecule has 3 nitrogen and oxygen atoms in total. The summed E-state index contributed by atoms with van der Waals surface area (Å²) in [5.74, 6) is 1.64. The molecule has 0 aliphatic rings. The fraction of sp³-hybridized carbons (Fsp3) is 0.235. The van der Waals surface area contributed by atoms with Crippen molar-refractivity contribution in [2.75, 3.05) is 7.11 Å². The largest absolute Gasteiger partial charge is 0.496 e. The van der Waals surface area contributed by atoms with E-state index < -0.39 is 0 Å². The number of carbonyl (C=O) groups excluding carboxylic acids is 1. The van der Waals surface area contributed by atoms with E-state index in [1.54, 1.807) is 20.1 Å². The van der Waals surface area contributed by atoms with Crippen LogP contribution >= 0.6 is 15.9 Å². The fourth-order valence-corrected chi connectivity index (χ4v) is 2.58. The predicted molar refractivity (Wildman–Crippen MR) is 86.2 cm³/mol. The molecule has 0 saturated heterocycles. The van der Waals surface area contributed by atoms with Gasteiger partial charge in [0.25, 0.3) is 0 Å². The van der Waals surface area contributed by atoms with Crippen molar-refractivity contribution in [3.8, 4) is 11.5 Å². The molecule has 0 unspecified atom stereocenters. The molecular weight excluding hydrogens is 332 g/mol. The van der Waals surface area contributed by atoms with E-state index in [9.17, 15) is 4.79 Å². The molecule has 0 saturated carbocycles. The van der Waals surface area contributed by atoms with Crippen LogP contribution in [0.4, 0.5) is 0 Å². The van der Waals surface area contributed by atoms with Crippen molar-refractivity contribution in [1.29, 1.82) is 0 Å². The molecule has 2 aromatic carbocycles. The van der Waals surface area contributed by atoms with Crippen LogP contribution in [0.3, 0.4) is 0 Å². The summed E-state index contributed by atoms with van der Waals surface area (Å²) in [5.41, 5.74) is 2.69. The van der Waals surface area contributed by atoms with Gasteiger partial charge in [0, 0.05) is 5.56 Å². The summed E-state index contributed by atoms with van der Waals surface area (Å²) >= 11 is 3.46. The van der Waals surface area contributed by atoms with E-state index in [4.69, 9.17) is 9.47 Å². The minimum atomic E-state index is 0.0590. The average Bonchev–Trinajstić information content (AvgIpc) is 2.46. The maximum atomic E-state index is 11.3. The van der Waals surface area contributed by atoms with Gasteiger partial charge in [-0.25, -0.2) is 0 Å². The fourth-order valence-electron chi connectivity index (χ4n) is 1.99. The van der Waals surface area contributed by atoms with Crippen LogP contribution in [0, 0.1) is 6.92 Å². The summed E-state index contributed by atoms with van der Waals surface area (Å²) in [6.45, 7) is 3.96. The number of rotatable bonds is 5. The molecule has 21 heavy (non-hydrogen) atoms. The third-order valence-corrected chi connectivity index (χ3v) is 3.81. The Bertz CT molecular complexity index is 665. The highest BCUT2D eigenvalue weighted by molar-refractivity contribution is 9.10. The van der Waals surface area contributed by atoms with Gasteiger partial charge in [-0.1, -0.05) is 6.07 Å². The zero-order chi connectivity index (χ0) is 15.4. The summed E-state index contributed by atoms with van der Waals surface area (Å²) in [6.07, 6.45) is 0. The number of hydrogen-bond acceptors (Lipinski definition) is 3. The van der Waals surface area contributed by atoms with E-state index in [-0.39, 0.29) is 5.78 Å². The first-order valence-electron chi connectivity index (χ1n) is 6.58. The normalized spacial score (nSPS) is 10.3. The molecule has 2 rings (SSSR count). The average molecular weight is 349 g/mol. The predicted octanol–water partition coefficient (Wildman–Crippen LogP) is 4.55. The van der Waals surface area contributed by atoms with Gasteiger partial charge in [-0.05, 0) is 71.2 Å². The molecule has 0 spiro atoms. The van der Waals surface area contributed by atoms with Crippen molar-refractivity contribution in [3.05, 3.63) is 57.6 Å². The number of carbonyl (C=O) groups is 1. The zero-order valence-electron chi connectivity index (χ0n) is 12.3.